The fourth-order valence-electron chi connectivity index (χ4n) is 3.56. The molecule has 144 valence electrons. The van der Waals surface area contributed by atoms with Gasteiger partial charge in [0, 0.05) is 36.1 Å². The van der Waals surface area contributed by atoms with E-state index in [1.165, 1.54) is 6.07 Å². The highest BCUT2D eigenvalue weighted by Crippen LogP contribution is 2.22. The smallest absolute Gasteiger partial charge is 0.251 e. The molecule has 2 atom stereocenters. The SMILES string of the molecule is CC(NC(=O)c1ccc2ccc(O)nc2c1)C1CCN(C(=O)[C@H](C)N)CC1. The van der Waals surface area contributed by atoms with Crippen molar-refractivity contribution < 1.29 is 14.7 Å². The van der Waals surface area contributed by atoms with Crippen molar-refractivity contribution in [3.8, 4) is 5.88 Å². The van der Waals surface area contributed by atoms with Gasteiger partial charge in [0.2, 0.25) is 11.8 Å². The second kappa shape index (κ2) is 7.92. The number of likely N-dealkylation sites (tertiary alicyclic amines) is 1. The van der Waals surface area contributed by atoms with Gasteiger partial charge in [-0.15, -0.1) is 0 Å². The number of nitrogens with one attached hydrogen (secondary N) is 1. The highest BCUT2D eigenvalue weighted by molar-refractivity contribution is 5.98. The Morgan fingerprint density at radius 2 is 1.89 bits per heavy atom. The molecule has 2 amide bonds. The van der Waals surface area contributed by atoms with E-state index in [1.807, 2.05) is 13.0 Å². The van der Waals surface area contributed by atoms with Gasteiger partial charge in [-0.2, -0.15) is 0 Å². The number of aromatic nitrogens is 1. The van der Waals surface area contributed by atoms with Gasteiger partial charge in [-0.05, 0) is 50.8 Å². The topological polar surface area (TPSA) is 109 Å². The largest absolute Gasteiger partial charge is 0.493 e. The Kier molecular flexibility index (Phi) is 5.60. The average molecular weight is 370 g/mol. The summed E-state index contributed by atoms with van der Waals surface area (Å²) in [4.78, 5) is 30.4. The van der Waals surface area contributed by atoms with E-state index in [0.717, 1.165) is 18.2 Å². The van der Waals surface area contributed by atoms with Crippen molar-refractivity contribution in [3.05, 3.63) is 35.9 Å². The lowest BCUT2D eigenvalue weighted by molar-refractivity contribution is -0.133. The summed E-state index contributed by atoms with van der Waals surface area (Å²) in [6, 6.07) is 8.07. The second-order valence-electron chi connectivity index (χ2n) is 7.29. The van der Waals surface area contributed by atoms with Crippen LogP contribution >= 0.6 is 0 Å². The number of hydrogen-bond acceptors (Lipinski definition) is 5. The number of hydrogen-bond donors (Lipinski definition) is 3. The van der Waals surface area contributed by atoms with Gasteiger partial charge in [0.1, 0.15) is 0 Å². The maximum atomic E-state index is 12.6. The molecule has 0 saturated carbocycles. The zero-order chi connectivity index (χ0) is 19.6. The van der Waals surface area contributed by atoms with Crippen molar-refractivity contribution in [1.29, 1.82) is 0 Å². The summed E-state index contributed by atoms with van der Waals surface area (Å²) in [6.45, 7) is 5.04. The summed E-state index contributed by atoms with van der Waals surface area (Å²) in [5.74, 6) is 0.0657. The molecule has 2 heterocycles. The molecule has 0 spiro atoms. The number of benzene rings is 1. The molecule has 1 unspecified atom stereocenters. The van der Waals surface area contributed by atoms with Crippen LogP contribution in [0.3, 0.4) is 0 Å². The zero-order valence-corrected chi connectivity index (χ0v) is 15.7. The lowest BCUT2D eigenvalue weighted by atomic mass is 9.90. The molecule has 0 aliphatic carbocycles. The predicted octanol–water partition coefficient (Wildman–Crippen LogP) is 1.64. The number of rotatable bonds is 4. The van der Waals surface area contributed by atoms with E-state index < -0.39 is 6.04 Å². The van der Waals surface area contributed by atoms with Gasteiger partial charge in [-0.1, -0.05) is 6.07 Å². The highest BCUT2D eigenvalue weighted by Gasteiger charge is 2.28. The molecule has 1 aliphatic rings. The van der Waals surface area contributed by atoms with Crippen LogP contribution in [0.15, 0.2) is 30.3 Å². The third kappa shape index (κ3) is 4.36. The van der Waals surface area contributed by atoms with Crippen molar-refractivity contribution >= 4 is 22.7 Å². The molecule has 1 aromatic heterocycles. The van der Waals surface area contributed by atoms with Gasteiger partial charge in [-0.25, -0.2) is 4.98 Å². The lowest BCUT2D eigenvalue weighted by Gasteiger charge is -2.35. The number of aromatic hydroxyl groups is 1. The lowest BCUT2D eigenvalue weighted by Crippen LogP contribution is -2.49. The monoisotopic (exact) mass is 370 g/mol. The molecule has 2 aromatic rings. The molecule has 1 aromatic carbocycles. The fraction of sp³-hybridized carbons (Fsp3) is 0.450. The van der Waals surface area contributed by atoms with Crippen LogP contribution in [0.25, 0.3) is 10.9 Å². The first kappa shape index (κ1) is 19.1. The Bertz CT molecular complexity index is 844. The van der Waals surface area contributed by atoms with E-state index in [2.05, 4.69) is 10.3 Å². The standard InChI is InChI=1S/C20H26N4O3/c1-12(21)20(27)24-9-7-14(8-10-24)13(2)22-19(26)16-4-3-15-5-6-18(25)23-17(15)11-16/h3-6,11-14H,7-10,21H2,1-2H3,(H,22,26)(H,23,25)/t12-,13?/m0/s1. The highest BCUT2D eigenvalue weighted by atomic mass is 16.3. The van der Waals surface area contributed by atoms with Crippen molar-refractivity contribution in [1.82, 2.24) is 15.2 Å². The molecule has 1 fully saturated rings. The molecule has 1 aliphatic heterocycles. The van der Waals surface area contributed by atoms with Gasteiger partial charge in [0.25, 0.3) is 5.91 Å². The van der Waals surface area contributed by atoms with Crippen LogP contribution in [0.5, 0.6) is 5.88 Å². The molecule has 1 saturated heterocycles. The van der Waals surface area contributed by atoms with E-state index in [0.29, 0.717) is 30.1 Å². The number of pyridine rings is 1. The van der Waals surface area contributed by atoms with Gasteiger partial charge in [0.15, 0.2) is 0 Å². The average Bonchev–Trinajstić information content (AvgIpc) is 2.66. The molecule has 3 rings (SSSR count). The first-order valence-electron chi connectivity index (χ1n) is 9.30. The minimum Gasteiger partial charge on any atom is -0.493 e. The van der Waals surface area contributed by atoms with Gasteiger partial charge >= 0.3 is 0 Å². The maximum absolute atomic E-state index is 12.6. The number of nitrogens with zero attached hydrogens (tertiary/aromatic N) is 2. The van der Waals surface area contributed by atoms with Crippen LogP contribution in [0.2, 0.25) is 0 Å². The van der Waals surface area contributed by atoms with E-state index in [1.54, 1.807) is 30.0 Å². The number of carbonyl (C=O) groups is 2. The van der Waals surface area contributed by atoms with Crippen LogP contribution in [-0.2, 0) is 4.79 Å². The van der Waals surface area contributed by atoms with E-state index in [4.69, 9.17) is 5.73 Å². The third-order valence-corrected chi connectivity index (χ3v) is 5.25. The Morgan fingerprint density at radius 1 is 1.22 bits per heavy atom. The first-order valence-corrected chi connectivity index (χ1v) is 9.30. The molecule has 4 N–H and O–H groups in total. The first-order chi connectivity index (χ1) is 12.8. The molecule has 27 heavy (non-hydrogen) atoms. The summed E-state index contributed by atoms with van der Waals surface area (Å²) in [5.41, 5.74) is 6.76. The van der Waals surface area contributed by atoms with Crippen molar-refractivity contribution in [2.45, 2.75) is 38.8 Å². The third-order valence-electron chi connectivity index (χ3n) is 5.25. The van der Waals surface area contributed by atoms with Crippen LogP contribution in [0, 0.1) is 5.92 Å². The number of piperidine rings is 1. The quantitative estimate of drug-likeness (QED) is 0.758. The van der Waals surface area contributed by atoms with Crippen molar-refractivity contribution in [2.24, 2.45) is 11.7 Å². The maximum Gasteiger partial charge on any atom is 0.251 e. The summed E-state index contributed by atoms with van der Waals surface area (Å²) in [7, 11) is 0. The second-order valence-corrected chi connectivity index (χ2v) is 7.29. The van der Waals surface area contributed by atoms with Crippen LogP contribution in [0.1, 0.15) is 37.0 Å². The number of fused-ring (bicyclic) bond motifs is 1. The summed E-state index contributed by atoms with van der Waals surface area (Å²) >= 11 is 0. The predicted molar refractivity (Wildman–Crippen MR) is 103 cm³/mol. The minimum absolute atomic E-state index is 0.00196. The van der Waals surface area contributed by atoms with E-state index in [9.17, 15) is 14.7 Å². The molecule has 0 bridgehead atoms. The summed E-state index contributed by atoms with van der Waals surface area (Å²) in [6.07, 6.45) is 1.68. The normalized spacial score (nSPS) is 17.5. The van der Waals surface area contributed by atoms with E-state index in [-0.39, 0.29) is 23.7 Å². The van der Waals surface area contributed by atoms with Gasteiger partial charge < -0.3 is 21.1 Å². The fourth-order valence-corrected chi connectivity index (χ4v) is 3.56. The Hall–Kier alpha value is -2.67. The van der Waals surface area contributed by atoms with Crippen LogP contribution < -0.4 is 11.1 Å². The zero-order valence-electron chi connectivity index (χ0n) is 15.7. The van der Waals surface area contributed by atoms with Gasteiger partial charge in [0.05, 0.1) is 11.6 Å². The van der Waals surface area contributed by atoms with Gasteiger partial charge in [-0.3, -0.25) is 9.59 Å². The van der Waals surface area contributed by atoms with Crippen LogP contribution in [0.4, 0.5) is 0 Å². The Morgan fingerprint density at radius 3 is 2.56 bits per heavy atom. The molecule has 0 radical (unpaired) electrons. The Labute approximate surface area is 158 Å². The number of nitrogens with two attached hydrogens (primary N) is 1. The number of carbonyl (C=O) groups excluding carboxylic acids is 2. The molecular weight excluding hydrogens is 344 g/mol. The molecular formula is C20H26N4O3. The van der Waals surface area contributed by atoms with Crippen molar-refractivity contribution in [2.75, 3.05) is 13.1 Å². The summed E-state index contributed by atoms with van der Waals surface area (Å²) < 4.78 is 0. The molecule has 7 heteroatoms. The minimum atomic E-state index is -0.473. The number of amides is 2. The Balaban J connectivity index is 1.60. The van der Waals surface area contributed by atoms with Crippen molar-refractivity contribution in [3.63, 3.8) is 0 Å². The molecule has 7 nitrogen and oxygen atoms in total. The summed E-state index contributed by atoms with van der Waals surface area (Å²) in [5, 5.41) is 13.4. The van der Waals surface area contributed by atoms with E-state index >= 15 is 0 Å². The van der Waals surface area contributed by atoms with Crippen LogP contribution in [-0.4, -0.2) is 52.0 Å².